The van der Waals surface area contributed by atoms with E-state index in [1.165, 1.54) is 4.57 Å². The third kappa shape index (κ3) is 2.99. The number of aliphatic hydroxyl groups is 1. The molecule has 0 fully saturated rings. The molecule has 0 saturated heterocycles. The zero-order valence-corrected chi connectivity index (χ0v) is 12.3. The van der Waals surface area contributed by atoms with Gasteiger partial charge in [-0.1, -0.05) is 19.8 Å². The Balaban J connectivity index is 2.56. The highest BCUT2D eigenvalue weighted by molar-refractivity contribution is 5.74. The first-order valence-corrected chi connectivity index (χ1v) is 7.14. The second-order valence-corrected chi connectivity index (χ2v) is 4.94. The van der Waals surface area contributed by atoms with Gasteiger partial charge in [0.1, 0.15) is 0 Å². The van der Waals surface area contributed by atoms with Gasteiger partial charge in [0.15, 0.2) is 11.2 Å². The zero-order chi connectivity index (χ0) is 15.4. The van der Waals surface area contributed by atoms with Crippen molar-refractivity contribution in [2.75, 3.05) is 18.5 Å². The molecule has 0 unspecified atom stereocenters. The second-order valence-electron chi connectivity index (χ2n) is 4.94. The molecule has 3 N–H and O–H groups in total. The van der Waals surface area contributed by atoms with Gasteiger partial charge < -0.3 is 15.0 Å². The average Bonchev–Trinajstić information content (AvgIpc) is 2.82. The summed E-state index contributed by atoms with van der Waals surface area (Å²) in [6.45, 7) is 3.04. The maximum Gasteiger partial charge on any atom is 0.329 e. The summed E-state index contributed by atoms with van der Waals surface area (Å²) in [5, 5.41) is 11.9. The number of imidazole rings is 1. The number of fused-ring (bicyclic) bond motifs is 1. The number of nitrogens with zero attached hydrogens (tertiary/aromatic N) is 3. The number of H-pyrrole nitrogens is 1. The van der Waals surface area contributed by atoms with Crippen molar-refractivity contribution in [1.29, 1.82) is 0 Å². The van der Waals surface area contributed by atoms with Crippen LogP contribution in [0.5, 0.6) is 0 Å². The molecule has 0 amide bonds. The number of aliphatic hydroxyl groups excluding tert-OH is 1. The van der Waals surface area contributed by atoms with E-state index in [2.05, 4.69) is 22.2 Å². The summed E-state index contributed by atoms with van der Waals surface area (Å²) in [6, 6.07) is 0. The number of aromatic nitrogens is 4. The minimum Gasteiger partial charge on any atom is -0.395 e. The van der Waals surface area contributed by atoms with Crippen molar-refractivity contribution in [2.45, 2.75) is 32.7 Å². The highest BCUT2D eigenvalue weighted by atomic mass is 16.3. The Morgan fingerprint density at radius 3 is 2.76 bits per heavy atom. The number of unbranched alkanes of at least 4 members (excludes halogenated alkanes) is 2. The predicted molar refractivity (Wildman–Crippen MR) is 80.7 cm³/mol. The maximum absolute atomic E-state index is 12.1. The lowest BCUT2D eigenvalue weighted by Crippen LogP contribution is -2.29. The first-order valence-electron chi connectivity index (χ1n) is 7.14. The van der Waals surface area contributed by atoms with Crippen molar-refractivity contribution in [3.63, 3.8) is 0 Å². The fourth-order valence-electron chi connectivity index (χ4n) is 2.27. The molecular formula is C13H21N5O3. The summed E-state index contributed by atoms with van der Waals surface area (Å²) < 4.78 is 3.09. The molecule has 0 aliphatic heterocycles. The van der Waals surface area contributed by atoms with Crippen LogP contribution in [0.2, 0.25) is 0 Å². The number of hydrogen-bond donors (Lipinski definition) is 3. The van der Waals surface area contributed by atoms with E-state index in [0.29, 0.717) is 30.2 Å². The summed E-state index contributed by atoms with van der Waals surface area (Å²) in [5.41, 5.74) is -0.192. The molecule has 21 heavy (non-hydrogen) atoms. The van der Waals surface area contributed by atoms with Crippen LogP contribution in [-0.4, -0.2) is 37.4 Å². The lowest BCUT2D eigenvalue weighted by atomic mass is 10.2. The van der Waals surface area contributed by atoms with Gasteiger partial charge in [-0.05, 0) is 6.42 Å². The number of anilines is 1. The van der Waals surface area contributed by atoms with Crippen LogP contribution in [0, 0.1) is 0 Å². The van der Waals surface area contributed by atoms with Crippen LogP contribution >= 0.6 is 0 Å². The number of aryl methyl sites for hydroxylation is 2. The molecule has 2 heterocycles. The Labute approximate surface area is 121 Å². The Morgan fingerprint density at radius 2 is 2.10 bits per heavy atom. The number of hydrogen-bond acceptors (Lipinski definition) is 5. The molecule has 0 aliphatic carbocycles. The van der Waals surface area contributed by atoms with Gasteiger partial charge in [-0.2, -0.15) is 4.98 Å². The van der Waals surface area contributed by atoms with Crippen molar-refractivity contribution in [1.82, 2.24) is 19.1 Å². The summed E-state index contributed by atoms with van der Waals surface area (Å²) in [5.74, 6) is 0.502. The van der Waals surface area contributed by atoms with Crippen LogP contribution in [0.4, 0.5) is 5.95 Å². The largest absolute Gasteiger partial charge is 0.395 e. The van der Waals surface area contributed by atoms with Crippen molar-refractivity contribution < 1.29 is 5.11 Å². The monoisotopic (exact) mass is 295 g/mol. The van der Waals surface area contributed by atoms with Crippen LogP contribution in [-0.2, 0) is 13.6 Å². The summed E-state index contributed by atoms with van der Waals surface area (Å²) in [6.07, 6.45) is 3.03. The number of aromatic amines is 1. The first-order chi connectivity index (χ1) is 10.1. The highest BCUT2D eigenvalue weighted by Crippen LogP contribution is 2.16. The van der Waals surface area contributed by atoms with E-state index >= 15 is 0 Å². The van der Waals surface area contributed by atoms with Gasteiger partial charge in [-0.3, -0.25) is 14.3 Å². The average molecular weight is 295 g/mol. The van der Waals surface area contributed by atoms with E-state index in [0.717, 1.165) is 19.3 Å². The highest BCUT2D eigenvalue weighted by Gasteiger charge is 2.16. The Bertz CT molecular complexity index is 728. The van der Waals surface area contributed by atoms with Gasteiger partial charge in [0.25, 0.3) is 5.56 Å². The standard InChI is InChI=1S/C13H21N5O3/c1-3-4-5-7-18-9-10(15-12(18)14-6-8-19)17(2)13(21)16-11(9)20/h19H,3-8H2,1-2H3,(H,14,15)(H,16,20,21). The molecule has 0 aromatic carbocycles. The third-order valence-electron chi connectivity index (χ3n) is 3.39. The van der Waals surface area contributed by atoms with Crippen LogP contribution in [0.3, 0.4) is 0 Å². The van der Waals surface area contributed by atoms with Gasteiger partial charge in [0.05, 0.1) is 6.61 Å². The molecule has 8 heteroatoms. The molecule has 0 saturated carbocycles. The van der Waals surface area contributed by atoms with Crippen molar-refractivity contribution in [2.24, 2.45) is 7.05 Å². The quantitative estimate of drug-likeness (QED) is 0.624. The predicted octanol–water partition coefficient (Wildman–Crippen LogP) is 0.0177. The molecule has 2 rings (SSSR count). The summed E-state index contributed by atoms with van der Waals surface area (Å²) in [7, 11) is 1.57. The molecule has 2 aromatic heterocycles. The topological polar surface area (TPSA) is 105 Å². The van der Waals surface area contributed by atoms with Crippen LogP contribution in [0.15, 0.2) is 9.59 Å². The minimum atomic E-state index is -0.487. The zero-order valence-electron chi connectivity index (χ0n) is 12.3. The smallest absolute Gasteiger partial charge is 0.329 e. The van der Waals surface area contributed by atoms with Crippen LogP contribution < -0.4 is 16.6 Å². The number of rotatable bonds is 7. The van der Waals surface area contributed by atoms with E-state index in [1.54, 1.807) is 11.6 Å². The first kappa shape index (κ1) is 15.3. The Kier molecular flexibility index (Phi) is 4.79. The van der Waals surface area contributed by atoms with Gasteiger partial charge >= 0.3 is 5.69 Å². The maximum atomic E-state index is 12.1. The Morgan fingerprint density at radius 1 is 1.33 bits per heavy atom. The Hall–Kier alpha value is -2.09. The van der Waals surface area contributed by atoms with E-state index in [-0.39, 0.29) is 6.61 Å². The van der Waals surface area contributed by atoms with E-state index < -0.39 is 11.2 Å². The minimum absolute atomic E-state index is 0.0343. The lowest BCUT2D eigenvalue weighted by molar-refractivity contribution is 0.310. The van der Waals surface area contributed by atoms with Gasteiger partial charge in [0, 0.05) is 20.1 Å². The third-order valence-corrected chi connectivity index (χ3v) is 3.39. The molecule has 116 valence electrons. The van der Waals surface area contributed by atoms with Gasteiger partial charge in [-0.15, -0.1) is 0 Å². The van der Waals surface area contributed by atoms with Gasteiger partial charge in [0.2, 0.25) is 5.95 Å². The fourth-order valence-corrected chi connectivity index (χ4v) is 2.27. The summed E-state index contributed by atoms with van der Waals surface area (Å²) in [4.78, 5) is 30.4. The number of nitrogens with one attached hydrogen (secondary N) is 2. The van der Waals surface area contributed by atoms with Crippen molar-refractivity contribution in [3.05, 3.63) is 20.8 Å². The van der Waals surface area contributed by atoms with Crippen molar-refractivity contribution >= 4 is 17.1 Å². The lowest BCUT2D eigenvalue weighted by Gasteiger charge is -2.09. The molecule has 0 aliphatic rings. The van der Waals surface area contributed by atoms with E-state index in [4.69, 9.17) is 5.11 Å². The molecule has 2 aromatic rings. The fraction of sp³-hybridized carbons (Fsp3) is 0.615. The van der Waals surface area contributed by atoms with Crippen molar-refractivity contribution in [3.8, 4) is 0 Å². The SMILES string of the molecule is CCCCCn1c(NCCO)nc2c1c(=O)[nH]c(=O)n2C. The van der Waals surface area contributed by atoms with Crippen LogP contribution in [0.25, 0.3) is 11.2 Å². The molecular weight excluding hydrogens is 274 g/mol. The molecule has 0 spiro atoms. The van der Waals surface area contributed by atoms with E-state index in [9.17, 15) is 9.59 Å². The van der Waals surface area contributed by atoms with Gasteiger partial charge in [-0.25, -0.2) is 4.79 Å². The molecule has 0 bridgehead atoms. The molecule has 0 atom stereocenters. The second kappa shape index (κ2) is 6.57. The summed E-state index contributed by atoms with van der Waals surface area (Å²) >= 11 is 0. The normalized spacial score (nSPS) is 11.2. The molecule has 0 radical (unpaired) electrons. The van der Waals surface area contributed by atoms with Crippen LogP contribution in [0.1, 0.15) is 26.2 Å². The van der Waals surface area contributed by atoms with E-state index in [1.807, 2.05) is 0 Å². The molecule has 8 nitrogen and oxygen atoms in total.